The van der Waals surface area contributed by atoms with Gasteiger partial charge in [-0.3, -0.25) is 14.5 Å². The first kappa shape index (κ1) is 30.3. The Kier molecular flexibility index (Phi) is 10.4. The van der Waals surface area contributed by atoms with Crippen LogP contribution in [0, 0.1) is 6.92 Å². The molecule has 2 aromatic heterocycles. The van der Waals surface area contributed by atoms with Gasteiger partial charge in [-0.15, -0.1) is 0 Å². The van der Waals surface area contributed by atoms with Crippen molar-refractivity contribution in [3.8, 4) is 11.5 Å². The second-order valence-electron chi connectivity index (χ2n) is 10.9. The third-order valence-electron chi connectivity index (χ3n) is 6.82. The molecule has 1 atom stereocenters. The van der Waals surface area contributed by atoms with E-state index in [-0.39, 0.29) is 11.6 Å². The van der Waals surface area contributed by atoms with Gasteiger partial charge in [0.15, 0.2) is 0 Å². The smallest absolute Gasteiger partial charge is 0.211 e. The fourth-order valence-corrected chi connectivity index (χ4v) is 4.17. The first-order chi connectivity index (χ1) is 19.1. The van der Waals surface area contributed by atoms with Crippen molar-refractivity contribution in [2.45, 2.75) is 72.4 Å². The van der Waals surface area contributed by atoms with Crippen molar-refractivity contribution in [3.05, 3.63) is 72.2 Å². The Morgan fingerprint density at radius 1 is 1.10 bits per heavy atom. The summed E-state index contributed by atoms with van der Waals surface area (Å²) in [5.41, 5.74) is 5.10. The standard InChI is InChI=1S/C24H28N2O2.C8H13N3O/c1-5-19-8-11-23(17(2)15-19)28-24-12-13-25-22-10-9-20(16-21(22)24)26(4)18(3)7-6-14-27;1-8(2,3)11-5-7(4-10-11)9-6-12/h8-16,18H,5-7H2,1-4H3;4-6H,1-3H3,(H,9,12). The number of carbonyl (C=O) groups is 2. The molecule has 0 aliphatic carbocycles. The summed E-state index contributed by atoms with van der Waals surface area (Å²) in [6, 6.07) is 14.7. The van der Waals surface area contributed by atoms with E-state index < -0.39 is 0 Å². The highest BCUT2D eigenvalue weighted by atomic mass is 16.5. The van der Waals surface area contributed by atoms with Crippen LogP contribution >= 0.6 is 0 Å². The Bertz CT molecular complexity index is 1420. The number of amides is 1. The predicted octanol–water partition coefficient (Wildman–Crippen LogP) is 6.91. The zero-order chi connectivity index (χ0) is 29.3. The summed E-state index contributed by atoms with van der Waals surface area (Å²) in [5.74, 6) is 1.66. The number of aryl methyl sites for hydroxylation is 2. The van der Waals surface area contributed by atoms with Gasteiger partial charge in [0.25, 0.3) is 0 Å². The van der Waals surface area contributed by atoms with Crippen molar-refractivity contribution in [2.75, 3.05) is 17.3 Å². The van der Waals surface area contributed by atoms with Crippen molar-refractivity contribution in [3.63, 3.8) is 0 Å². The Balaban J connectivity index is 0.000000307. The van der Waals surface area contributed by atoms with Crippen molar-refractivity contribution in [1.29, 1.82) is 0 Å². The highest BCUT2D eigenvalue weighted by Crippen LogP contribution is 2.33. The van der Waals surface area contributed by atoms with E-state index in [9.17, 15) is 9.59 Å². The van der Waals surface area contributed by atoms with Gasteiger partial charge in [0.05, 0.1) is 22.9 Å². The minimum atomic E-state index is -0.0389. The summed E-state index contributed by atoms with van der Waals surface area (Å²) in [6.45, 7) is 12.5. The van der Waals surface area contributed by atoms with Crippen LogP contribution in [0.3, 0.4) is 0 Å². The number of aldehydes is 1. The van der Waals surface area contributed by atoms with Gasteiger partial charge in [-0.25, -0.2) is 0 Å². The number of pyridine rings is 1. The molecule has 1 amide bonds. The molecule has 4 rings (SSSR count). The van der Waals surface area contributed by atoms with E-state index in [2.05, 4.69) is 72.4 Å². The molecule has 0 aliphatic rings. The second-order valence-corrected chi connectivity index (χ2v) is 10.9. The molecule has 1 unspecified atom stereocenters. The number of ether oxygens (including phenoxy) is 1. The highest BCUT2D eigenvalue weighted by molar-refractivity contribution is 5.88. The molecule has 0 spiro atoms. The lowest BCUT2D eigenvalue weighted by molar-refractivity contribution is -0.108. The summed E-state index contributed by atoms with van der Waals surface area (Å²) in [5, 5.41) is 7.62. The third kappa shape index (κ3) is 7.91. The molecular formula is C32H41N5O3. The van der Waals surface area contributed by atoms with Crippen LogP contribution in [0.4, 0.5) is 11.4 Å². The lowest BCUT2D eigenvalue weighted by Gasteiger charge is -2.27. The average Bonchev–Trinajstić information content (AvgIpc) is 3.42. The van der Waals surface area contributed by atoms with E-state index in [1.807, 2.05) is 39.0 Å². The Labute approximate surface area is 237 Å². The zero-order valence-electron chi connectivity index (χ0n) is 24.6. The number of benzene rings is 2. The topological polar surface area (TPSA) is 89.3 Å². The number of fused-ring (bicyclic) bond motifs is 1. The molecule has 0 saturated heterocycles. The Morgan fingerprint density at radius 3 is 2.50 bits per heavy atom. The molecule has 40 heavy (non-hydrogen) atoms. The number of rotatable bonds is 10. The van der Waals surface area contributed by atoms with Crippen LogP contribution in [-0.4, -0.2) is 40.6 Å². The molecule has 4 aromatic rings. The van der Waals surface area contributed by atoms with E-state index in [1.54, 1.807) is 23.3 Å². The van der Waals surface area contributed by atoms with E-state index in [1.165, 1.54) is 5.56 Å². The summed E-state index contributed by atoms with van der Waals surface area (Å²) < 4.78 is 8.08. The quantitative estimate of drug-likeness (QED) is 0.219. The van der Waals surface area contributed by atoms with Gasteiger partial charge < -0.3 is 19.7 Å². The lowest BCUT2D eigenvalue weighted by atomic mass is 10.1. The fourth-order valence-electron chi connectivity index (χ4n) is 4.17. The normalized spacial score (nSPS) is 11.8. The largest absolute Gasteiger partial charge is 0.456 e. The number of nitrogens with one attached hydrogen (secondary N) is 1. The molecule has 0 aliphatic heterocycles. The molecule has 0 fully saturated rings. The van der Waals surface area contributed by atoms with Crippen LogP contribution in [0.1, 0.15) is 58.6 Å². The third-order valence-corrected chi connectivity index (χ3v) is 6.82. The van der Waals surface area contributed by atoms with Crippen LogP contribution in [0.2, 0.25) is 0 Å². The maximum absolute atomic E-state index is 10.7. The molecule has 2 heterocycles. The van der Waals surface area contributed by atoms with Crippen molar-refractivity contribution >= 4 is 35.0 Å². The molecule has 0 radical (unpaired) electrons. The highest BCUT2D eigenvalue weighted by Gasteiger charge is 2.14. The summed E-state index contributed by atoms with van der Waals surface area (Å²) in [6.07, 6.45) is 9.24. The first-order valence-corrected chi connectivity index (χ1v) is 13.6. The van der Waals surface area contributed by atoms with Gasteiger partial charge in [0.2, 0.25) is 6.41 Å². The van der Waals surface area contributed by atoms with Gasteiger partial charge in [0.1, 0.15) is 17.8 Å². The van der Waals surface area contributed by atoms with E-state index in [0.29, 0.717) is 12.8 Å². The minimum absolute atomic E-state index is 0.0389. The summed E-state index contributed by atoms with van der Waals surface area (Å²) >= 11 is 0. The van der Waals surface area contributed by atoms with E-state index in [4.69, 9.17) is 4.74 Å². The molecule has 212 valence electrons. The van der Waals surface area contributed by atoms with Gasteiger partial charge in [-0.1, -0.05) is 19.1 Å². The molecule has 0 saturated carbocycles. The number of hydrogen-bond acceptors (Lipinski definition) is 6. The first-order valence-electron chi connectivity index (χ1n) is 13.6. The van der Waals surface area contributed by atoms with Crippen molar-refractivity contribution in [1.82, 2.24) is 14.8 Å². The van der Waals surface area contributed by atoms with Crippen LogP contribution in [0.15, 0.2) is 61.1 Å². The average molecular weight is 544 g/mol. The van der Waals surface area contributed by atoms with Crippen LogP contribution in [0.5, 0.6) is 11.5 Å². The number of carbonyl (C=O) groups excluding carboxylic acids is 2. The van der Waals surface area contributed by atoms with Crippen LogP contribution in [-0.2, 0) is 21.5 Å². The second kappa shape index (κ2) is 13.7. The molecule has 8 heteroatoms. The Hall–Kier alpha value is -4.20. The van der Waals surface area contributed by atoms with Crippen molar-refractivity contribution in [2.24, 2.45) is 0 Å². The van der Waals surface area contributed by atoms with Gasteiger partial charge in [0, 0.05) is 43.0 Å². The summed E-state index contributed by atoms with van der Waals surface area (Å²) in [4.78, 5) is 27.4. The van der Waals surface area contributed by atoms with Crippen LogP contribution < -0.4 is 15.0 Å². The Morgan fingerprint density at radius 2 is 1.88 bits per heavy atom. The number of hydrogen-bond donors (Lipinski definition) is 1. The lowest BCUT2D eigenvalue weighted by Crippen LogP contribution is -2.28. The summed E-state index contributed by atoms with van der Waals surface area (Å²) in [7, 11) is 2.06. The van der Waals surface area contributed by atoms with E-state index >= 15 is 0 Å². The van der Waals surface area contributed by atoms with Crippen LogP contribution in [0.25, 0.3) is 10.9 Å². The number of aromatic nitrogens is 3. The zero-order valence-corrected chi connectivity index (χ0v) is 24.6. The van der Waals surface area contributed by atoms with Gasteiger partial charge in [-0.05, 0) is 88.9 Å². The maximum Gasteiger partial charge on any atom is 0.211 e. The molecule has 2 aromatic carbocycles. The number of nitrogens with zero attached hydrogens (tertiary/aromatic N) is 4. The van der Waals surface area contributed by atoms with Crippen molar-refractivity contribution < 1.29 is 14.3 Å². The molecular weight excluding hydrogens is 502 g/mol. The minimum Gasteiger partial charge on any atom is -0.456 e. The predicted molar refractivity (Wildman–Crippen MR) is 162 cm³/mol. The van der Waals surface area contributed by atoms with Gasteiger partial charge >= 0.3 is 0 Å². The molecule has 1 N–H and O–H groups in total. The monoisotopic (exact) mass is 543 g/mol. The van der Waals surface area contributed by atoms with Gasteiger partial charge in [-0.2, -0.15) is 5.10 Å². The fraction of sp³-hybridized carbons (Fsp3) is 0.375. The van der Waals surface area contributed by atoms with E-state index in [0.717, 1.165) is 58.5 Å². The SMILES string of the molecule is CC(C)(C)n1cc(NC=O)cn1.CCc1ccc(Oc2ccnc3ccc(N(C)C(C)CCC=O)cc23)c(C)c1. The molecule has 0 bridgehead atoms. The molecule has 8 nitrogen and oxygen atoms in total. The maximum atomic E-state index is 10.7. The number of anilines is 2.